The lowest BCUT2D eigenvalue weighted by atomic mass is 9.84. The molecule has 1 fully saturated rings. The van der Waals surface area contributed by atoms with E-state index in [1.807, 2.05) is 12.1 Å². The lowest BCUT2D eigenvalue weighted by Gasteiger charge is -2.30. The van der Waals surface area contributed by atoms with Gasteiger partial charge in [0.05, 0.1) is 18.0 Å². The molecule has 3 rings (SSSR count). The van der Waals surface area contributed by atoms with E-state index in [1.54, 1.807) is 23.5 Å². The number of hydrogen-bond acceptors (Lipinski definition) is 5. The van der Waals surface area contributed by atoms with Gasteiger partial charge in [0.1, 0.15) is 0 Å². The van der Waals surface area contributed by atoms with Gasteiger partial charge in [0.2, 0.25) is 10.0 Å². The number of sulfonamides is 1. The van der Waals surface area contributed by atoms with Gasteiger partial charge in [-0.05, 0) is 68.0 Å². The van der Waals surface area contributed by atoms with Gasteiger partial charge < -0.3 is 4.74 Å². The van der Waals surface area contributed by atoms with Crippen molar-refractivity contribution in [2.45, 2.75) is 62.3 Å². The Labute approximate surface area is 187 Å². The molecule has 1 saturated carbocycles. The normalized spacial score (nSPS) is 16.3. The summed E-state index contributed by atoms with van der Waals surface area (Å²) in [7, 11) is -2.26. The van der Waals surface area contributed by atoms with Crippen LogP contribution in [0, 0.1) is 5.92 Å². The molecular weight excluding hydrogens is 442 g/mol. The number of nitrogens with one attached hydrogen (secondary N) is 1. The van der Waals surface area contributed by atoms with Crippen molar-refractivity contribution in [1.82, 2.24) is 4.72 Å². The average molecular weight is 470 g/mol. The first kappa shape index (κ1) is 23.3. The summed E-state index contributed by atoms with van der Waals surface area (Å²) in [4.78, 5) is 13.7. The Hall–Kier alpha value is -1.41. The molecule has 1 unspecified atom stereocenters. The number of aryl methyl sites for hydroxylation is 1. The number of hydrogen-bond donors (Lipinski definition) is 1. The van der Waals surface area contributed by atoms with Crippen LogP contribution in [0.3, 0.4) is 0 Å². The number of methoxy groups -OCH3 is 1. The molecule has 1 N–H and O–H groups in total. The molecule has 1 aliphatic carbocycles. The SMILES string of the molecule is COC(=O)CCCc1ccc(C(NS(=O)(=O)c2ccc(Cl)cc2)C2CCCCC2)s1. The van der Waals surface area contributed by atoms with Gasteiger partial charge in [0, 0.05) is 21.2 Å². The molecule has 164 valence electrons. The monoisotopic (exact) mass is 469 g/mol. The predicted molar refractivity (Wildman–Crippen MR) is 120 cm³/mol. The number of halogens is 1. The molecule has 0 bridgehead atoms. The number of carbonyl (C=O) groups is 1. The molecular formula is C22H28ClNO4S2. The summed E-state index contributed by atoms with van der Waals surface area (Å²) in [5.41, 5.74) is 0. The van der Waals surface area contributed by atoms with E-state index in [0.29, 0.717) is 11.4 Å². The number of thiophene rings is 1. The lowest BCUT2D eigenvalue weighted by Crippen LogP contribution is -2.34. The van der Waals surface area contributed by atoms with Crippen LogP contribution in [0.2, 0.25) is 5.02 Å². The minimum atomic E-state index is -3.66. The van der Waals surface area contributed by atoms with Crippen LogP contribution in [0.25, 0.3) is 0 Å². The molecule has 1 aromatic heterocycles. The third-order valence-electron chi connectivity index (χ3n) is 5.55. The molecule has 8 heteroatoms. The molecule has 1 aromatic carbocycles. The van der Waals surface area contributed by atoms with E-state index in [9.17, 15) is 13.2 Å². The van der Waals surface area contributed by atoms with Gasteiger partial charge in [-0.1, -0.05) is 30.9 Å². The maximum absolute atomic E-state index is 13.1. The molecule has 0 amide bonds. The first-order valence-electron chi connectivity index (χ1n) is 10.3. The smallest absolute Gasteiger partial charge is 0.305 e. The average Bonchev–Trinajstić information content (AvgIpc) is 3.21. The zero-order valence-corrected chi connectivity index (χ0v) is 19.5. The van der Waals surface area contributed by atoms with Crippen LogP contribution in [0.15, 0.2) is 41.3 Å². The second-order valence-corrected chi connectivity index (χ2v) is 11.0. The number of rotatable bonds is 9. The summed E-state index contributed by atoms with van der Waals surface area (Å²) in [6.07, 6.45) is 7.38. The number of ether oxygens (including phenoxy) is 1. The van der Waals surface area contributed by atoms with Gasteiger partial charge >= 0.3 is 5.97 Å². The Morgan fingerprint density at radius 3 is 2.53 bits per heavy atom. The van der Waals surface area contributed by atoms with E-state index in [0.717, 1.165) is 48.3 Å². The van der Waals surface area contributed by atoms with Gasteiger partial charge in [-0.3, -0.25) is 4.79 Å². The zero-order chi connectivity index (χ0) is 21.6. The fraction of sp³-hybridized carbons (Fsp3) is 0.500. The third-order valence-corrected chi connectivity index (χ3v) is 8.49. The quantitative estimate of drug-likeness (QED) is 0.492. The van der Waals surface area contributed by atoms with Crippen molar-refractivity contribution < 1.29 is 17.9 Å². The van der Waals surface area contributed by atoms with Crippen molar-refractivity contribution in [3.8, 4) is 0 Å². The van der Waals surface area contributed by atoms with Gasteiger partial charge in [0.25, 0.3) is 0 Å². The molecule has 30 heavy (non-hydrogen) atoms. The second-order valence-electron chi connectivity index (χ2n) is 7.68. The highest BCUT2D eigenvalue weighted by atomic mass is 35.5. The van der Waals surface area contributed by atoms with Crippen LogP contribution < -0.4 is 4.72 Å². The molecule has 0 radical (unpaired) electrons. The summed E-state index contributed by atoms with van der Waals surface area (Å²) in [6.45, 7) is 0. The number of esters is 1. The zero-order valence-electron chi connectivity index (χ0n) is 17.1. The maximum atomic E-state index is 13.1. The Morgan fingerprint density at radius 2 is 1.87 bits per heavy atom. The molecule has 0 spiro atoms. The van der Waals surface area contributed by atoms with Crippen molar-refractivity contribution in [3.05, 3.63) is 51.2 Å². The molecule has 1 atom stereocenters. The Morgan fingerprint density at radius 1 is 1.17 bits per heavy atom. The molecule has 0 aliphatic heterocycles. The van der Waals surface area contributed by atoms with E-state index in [-0.39, 0.29) is 22.8 Å². The minimum absolute atomic E-state index is 0.206. The number of carbonyl (C=O) groups excluding carboxylic acids is 1. The molecule has 2 aromatic rings. The lowest BCUT2D eigenvalue weighted by molar-refractivity contribution is -0.140. The van der Waals surface area contributed by atoms with Crippen LogP contribution >= 0.6 is 22.9 Å². The van der Waals surface area contributed by atoms with Crippen molar-refractivity contribution in [2.24, 2.45) is 5.92 Å². The van der Waals surface area contributed by atoms with Crippen molar-refractivity contribution in [2.75, 3.05) is 7.11 Å². The van der Waals surface area contributed by atoms with Crippen molar-refractivity contribution in [3.63, 3.8) is 0 Å². The first-order valence-corrected chi connectivity index (χ1v) is 13.0. The van der Waals surface area contributed by atoms with Gasteiger partial charge in [-0.15, -0.1) is 11.3 Å². The van der Waals surface area contributed by atoms with Crippen LogP contribution in [0.5, 0.6) is 0 Å². The molecule has 5 nitrogen and oxygen atoms in total. The first-order chi connectivity index (χ1) is 14.4. The van der Waals surface area contributed by atoms with Gasteiger partial charge in [-0.25, -0.2) is 13.1 Å². The predicted octanol–water partition coefficient (Wildman–Crippen LogP) is 5.50. The van der Waals surface area contributed by atoms with E-state index >= 15 is 0 Å². The van der Waals surface area contributed by atoms with E-state index < -0.39 is 10.0 Å². The van der Waals surface area contributed by atoms with Crippen LogP contribution in [-0.2, 0) is 26.0 Å². The Kier molecular flexibility index (Phi) is 8.34. The van der Waals surface area contributed by atoms with Gasteiger partial charge in [0.15, 0.2) is 0 Å². The molecule has 0 saturated heterocycles. The standard InChI is InChI=1S/C22H28ClNO4S2/c1-28-21(25)9-5-8-18-12-15-20(29-18)22(16-6-3-2-4-7-16)24-30(26,27)19-13-10-17(23)11-14-19/h10-16,22,24H,2-9H2,1H3. The Bertz CT molecular complexity index is 934. The fourth-order valence-corrected chi connectivity index (χ4v) is 6.59. The van der Waals surface area contributed by atoms with Crippen LogP contribution in [0.1, 0.15) is 60.7 Å². The van der Waals surface area contributed by atoms with Crippen LogP contribution in [-0.4, -0.2) is 21.5 Å². The van der Waals surface area contributed by atoms with Crippen molar-refractivity contribution in [1.29, 1.82) is 0 Å². The largest absolute Gasteiger partial charge is 0.469 e. The topological polar surface area (TPSA) is 72.5 Å². The van der Waals surface area contributed by atoms with E-state index in [2.05, 4.69) is 4.72 Å². The van der Waals surface area contributed by atoms with Crippen LogP contribution in [0.4, 0.5) is 0 Å². The maximum Gasteiger partial charge on any atom is 0.305 e. The summed E-state index contributed by atoms with van der Waals surface area (Å²) in [5, 5.41) is 0.507. The minimum Gasteiger partial charge on any atom is -0.469 e. The molecule has 1 heterocycles. The van der Waals surface area contributed by atoms with Gasteiger partial charge in [-0.2, -0.15) is 0 Å². The molecule has 1 aliphatic rings. The highest BCUT2D eigenvalue weighted by molar-refractivity contribution is 7.89. The Balaban J connectivity index is 1.77. The van der Waals surface area contributed by atoms with E-state index in [1.165, 1.54) is 25.7 Å². The van der Waals surface area contributed by atoms with Crippen molar-refractivity contribution >= 4 is 38.9 Å². The summed E-state index contributed by atoms with van der Waals surface area (Å²) in [5.74, 6) is 0.0741. The fourth-order valence-electron chi connectivity index (χ4n) is 3.91. The summed E-state index contributed by atoms with van der Waals surface area (Å²) < 4.78 is 33.8. The summed E-state index contributed by atoms with van der Waals surface area (Å²) >= 11 is 7.55. The number of benzene rings is 1. The summed E-state index contributed by atoms with van der Waals surface area (Å²) in [6, 6.07) is 10.1. The second kappa shape index (κ2) is 10.8. The van der Waals surface area contributed by atoms with E-state index in [4.69, 9.17) is 16.3 Å². The third kappa shape index (κ3) is 6.30. The highest BCUT2D eigenvalue weighted by Crippen LogP contribution is 2.38. The highest BCUT2D eigenvalue weighted by Gasteiger charge is 2.30.